The summed E-state index contributed by atoms with van der Waals surface area (Å²) >= 11 is 0. The molecule has 0 aromatic carbocycles. The molecule has 0 aromatic rings. The summed E-state index contributed by atoms with van der Waals surface area (Å²) in [7, 11) is 5.21. The molecule has 0 aliphatic rings. The Morgan fingerprint density at radius 1 is 1.36 bits per heavy atom. The Labute approximate surface area is 139 Å². The van der Waals surface area contributed by atoms with E-state index in [0.29, 0.717) is 13.1 Å². The summed E-state index contributed by atoms with van der Waals surface area (Å²) in [6.07, 6.45) is 0.730. The first-order valence-corrected chi connectivity index (χ1v) is 8.96. The van der Waals surface area contributed by atoms with E-state index in [1.165, 1.54) is 24.8 Å². The Balaban J connectivity index is 4.72. The molecule has 0 radical (unpaired) electrons. The van der Waals surface area contributed by atoms with Crippen LogP contribution in [0.3, 0.4) is 0 Å². The molecule has 0 aromatic heterocycles. The van der Waals surface area contributed by atoms with Gasteiger partial charge in [-0.2, -0.15) is 0 Å². The fourth-order valence-corrected chi connectivity index (χ4v) is 3.80. The Morgan fingerprint density at radius 3 is 2.41 bits per heavy atom. The molecule has 0 heterocycles. The van der Waals surface area contributed by atoms with Crippen LogP contribution in [0.2, 0.25) is 0 Å². The van der Waals surface area contributed by atoms with Crippen molar-refractivity contribution in [1.82, 2.24) is 10.2 Å². The maximum Gasteiger partial charge on any atom is 0.329 e. The van der Waals surface area contributed by atoms with Crippen molar-refractivity contribution in [3.63, 3.8) is 0 Å². The van der Waals surface area contributed by atoms with Gasteiger partial charge in [-0.25, -0.2) is 4.79 Å². The molecule has 0 fully saturated rings. The van der Waals surface area contributed by atoms with Crippen LogP contribution >= 0.6 is 21.6 Å². The molecule has 9 heteroatoms. The molecule has 2 amide bonds. The molecule has 1 atom stereocenters. The van der Waals surface area contributed by atoms with Gasteiger partial charge in [0, 0.05) is 31.3 Å². The third-order valence-electron chi connectivity index (χ3n) is 2.82. The lowest BCUT2D eigenvalue weighted by Gasteiger charge is -2.31. The van der Waals surface area contributed by atoms with Crippen LogP contribution in [0.5, 0.6) is 0 Å². The van der Waals surface area contributed by atoms with Crippen molar-refractivity contribution in [2.75, 3.05) is 27.2 Å². The molecule has 0 bridgehead atoms. The number of rotatable bonds is 8. The number of carbonyl (C=O) groups is 3. The largest absolute Gasteiger partial charge is 0.467 e. The van der Waals surface area contributed by atoms with Gasteiger partial charge in [-0.15, -0.1) is 0 Å². The van der Waals surface area contributed by atoms with E-state index in [4.69, 9.17) is 10.5 Å². The minimum atomic E-state index is -0.838. The van der Waals surface area contributed by atoms with Gasteiger partial charge in [-0.1, -0.05) is 10.8 Å². The molecule has 0 saturated heterocycles. The summed E-state index contributed by atoms with van der Waals surface area (Å²) in [5, 5.41) is 2.44. The van der Waals surface area contributed by atoms with E-state index in [1.54, 1.807) is 25.8 Å². The Bertz CT molecular complexity index is 405. The molecule has 0 rings (SSSR count). The number of hydrogen-bond donors (Lipinski definition) is 2. The van der Waals surface area contributed by atoms with Gasteiger partial charge < -0.3 is 20.7 Å². The predicted octanol–water partition coefficient (Wildman–Crippen LogP) is 1.22. The Hall–Kier alpha value is -0.930. The number of carbonyl (C=O) groups excluding carboxylic acids is 3. The van der Waals surface area contributed by atoms with Gasteiger partial charge in [0.2, 0.25) is 5.91 Å². The van der Waals surface area contributed by atoms with Crippen molar-refractivity contribution in [1.29, 1.82) is 0 Å². The number of nitrogens with one attached hydrogen (secondary N) is 1. The molecule has 0 saturated carbocycles. The fourth-order valence-electron chi connectivity index (χ4n) is 1.51. The van der Waals surface area contributed by atoms with E-state index in [1.807, 2.05) is 0 Å². The average molecular weight is 351 g/mol. The van der Waals surface area contributed by atoms with Crippen molar-refractivity contribution in [2.45, 2.75) is 38.0 Å². The van der Waals surface area contributed by atoms with Crippen LogP contribution < -0.4 is 11.1 Å². The van der Waals surface area contributed by atoms with Crippen LogP contribution in [0.1, 0.15) is 27.2 Å². The number of esters is 1. The van der Waals surface area contributed by atoms with Crippen LogP contribution in [-0.2, 0) is 14.3 Å². The zero-order valence-electron chi connectivity index (χ0n) is 13.7. The van der Waals surface area contributed by atoms with Gasteiger partial charge in [-0.3, -0.25) is 9.59 Å². The number of nitrogens with zero attached hydrogens (tertiary/aromatic N) is 1. The first-order valence-electron chi connectivity index (χ1n) is 6.81. The lowest BCUT2D eigenvalue weighted by atomic mass is 10.0. The second-order valence-electron chi connectivity index (χ2n) is 5.26. The van der Waals surface area contributed by atoms with E-state index in [0.717, 1.165) is 17.2 Å². The summed E-state index contributed by atoms with van der Waals surface area (Å²) < 4.78 is 4.01. The van der Waals surface area contributed by atoms with Crippen LogP contribution in [-0.4, -0.2) is 60.1 Å². The van der Waals surface area contributed by atoms with E-state index < -0.39 is 16.8 Å². The predicted molar refractivity (Wildman–Crippen MR) is 90.6 cm³/mol. The highest BCUT2D eigenvalue weighted by Gasteiger charge is 2.38. The minimum Gasteiger partial charge on any atom is -0.467 e. The molecule has 0 aliphatic carbocycles. The monoisotopic (exact) mass is 351 g/mol. The van der Waals surface area contributed by atoms with Crippen LogP contribution in [0.25, 0.3) is 0 Å². The molecule has 7 nitrogen and oxygen atoms in total. The third-order valence-corrected chi connectivity index (χ3v) is 5.99. The van der Waals surface area contributed by atoms with Gasteiger partial charge >= 0.3 is 5.97 Å². The van der Waals surface area contributed by atoms with Gasteiger partial charge in [0.1, 0.15) is 6.04 Å². The van der Waals surface area contributed by atoms with Crippen LogP contribution in [0, 0.1) is 0 Å². The lowest BCUT2D eigenvalue weighted by Crippen LogP contribution is -2.52. The molecule has 22 heavy (non-hydrogen) atoms. The highest BCUT2D eigenvalue weighted by atomic mass is 33.1. The van der Waals surface area contributed by atoms with E-state index in [2.05, 4.69) is 5.32 Å². The average Bonchev–Trinajstić information content (AvgIpc) is 2.46. The number of ether oxygens (including phenoxy) is 1. The summed E-state index contributed by atoms with van der Waals surface area (Å²) in [5.41, 5.74) is 5.41. The topological polar surface area (TPSA) is 102 Å². The first-order chi connectivity index (χ1) is 10.2. The number of methoxy groups -OCH3 is 1. The Kier molecular flexibility index (Phi) is 9.54. The van der Waals surface area contributed by atoms with Crippen molar-refractivity contribution in [3.05, 3.63) is 0 Å². The molecular formula is C13H25N3O4S2. The van der Waals surface area contributed by atoms with E-state index in [9.17, 15) is 14.4 Å². The Morgan fingerprint density at radius 2 is 1.95 bits per heavy atom. The highest BCUT2D eigenvalue weighted by molar-refractivity contribution is 8.82. The van der Waals surface area contributed by atoms with Crippen molar-refractivity contribution in [3.8, 4) is 0 Å². The molecular weight excluding hydrogens is 326 g/mol. The zero-order chi connectivity index (χ0) is 17.3. The maximum atomic E-state index is 12.0. The van der Waals surface area contributed by atoms with Crippen LogP contribution in [0.4, 0.5) is 4.79 Å². The summed E-state index contributed by atoms with van der Waals surface area (Å²) in [4.78, 5) is 36.7. The van der Waals surface area contributed by atoms with Crippen molar-refractivity contribution < 1.29 is 19.1 Å². The van der Waals surface area contributed by atoms with E-state index in [-0.39, 0.29) is 11.1 Å². The van der Waals surface area contributed by atoms with Crippen LogP contribution in [0.15, 0.2) is 0 Å². The van der Waals surface area contributed by atoms with Gasteiger partial charge in [-0.05, 0) is 26.8 Å². The summed E-state index contributed by atoms with van der Waals surface area (Å²) in [6.45, 7) is 5.98. The summed E-state index contributed by atoms with van der Waals surface area (Å²) in [5.74, 6) is -0.877. The van der Waals surface area contributed by atoms with Gasteiger partial charge in [0.05, 0.1) is 11.9 Å². The molecule has 3 N–H and O–H groups in total. The molecule has 0 aliphatic heterocycles. The SMILES string of the molecule is COC(=O)C(NC(C)=O)C(C)(C)SSC(=O)N(C)CCCN. The minimum absolute atomic E-state index is 0.127. The molecule has 0 spiro atoms. The second kappa shape index (κ2) is 9.96. The smallest absolute Gasteiger partial charge is 0.329 e. The third kappa shape index (κ3) is 7.37. The second-order valence-corrected chi connectivity index (χ2v) is 7.99. The lowest BCUT2D eigenvalue weighted by molar-refractivity contribution is -0.145. The first kappa shape index (κ1) is 21.1. The standard InChI is InChI=1S/C13H25N3O4S2/c1-9(17)15-10(11(18)20-5)13(2,3)22-21-12(19)16(4)8-6-7-14/h10H,6-8,14H2,1-5H3,(H,15,17). The summed E-state index contributed by atoms with van der Waals surface area (Å²) in [6, 6.07) is -0.838. The number of amides is 2. The fraction of sp³-hybridized carbons (Fsp3) is 0.769. The normalized spacial score (nSPS) is 12.5. The van der Waals surface area contributed by atoms with Crippen molar-refractivity contribution >= 4 is 38.7 Å². The molecule has 1 unspecified atom stereocenters. The molecule has 128 valence electrons. The maximum absolute atomic E-state index is 12.0. The zero-order valence-corrected chi connectivity index (χ0v) is 15.3. The van der Waals surface area contributed by atoms with Crippen molar-refractivity contribution in [2.24, 2.45) is 5.73 Å². The quantitative estimate of drug-likeness (QED) is 0.501. The number of hydrogen-bond acceptors (Lipinski definition) is 7. The van der Waals surface area contributed by atoms with Gasteiger partial charge in [0.15, 0.2) is 0 Å². The van der Waals surface area contributed by atoms with Gasteiger partial charge in [0.25, 0.3) is 5.24 Å². The number of nitrogens with two attached hydrogens (primary N) is 1. The van der Waals surface area contributed by atoms with E-state index >= 15 is 0 Å². The highest BCUT2D eigenvalue weighted by Crippen LogP contribution is 2.39.